The molecule has 0 radical (unpaired) electrons. The number of halogens is 1. The number of anilines is 1. The normalized spacial score (nSPS) is 10.4. The summed E-state index contributed by atoms with van der Waals surface area (Å²) in [6.45, 7) is -0.645. The van der Waals surface area contributed by atoms with Gasteiger partial charge in [0.25, 0.3) is 0 Å². The molecule has 5 nitrogen and oxygen atoms in total. The van der Waals surface area contributed by atoms with Crippen molar-refractivity contribution in [3.8, 4) is 22.8 Å². The molecule has 2 N–H and O–H groups in total. The Labute approximate surface area is 103 Å². The standard InChI is InChI=1S/C12H13FN2O3/c1-16-10-5-11(17-2)8(3-7(10)6-13)9-4-12(14)18-15-9/h3-5H,6,14H2,1-2H3. The topological polar surface area (TPSA) is 70.5 Å². The zero-order valence-corrected chi connectivity index (χ0v) is 10.1. The maximum absolute atomic E-state index is 12.9. The highest BCUT2D eigenvalue weighted by molar-refractivity contribution is 5.71. The molecule has 96 valence electrons. The van der Waals surface area contributed by atoms with Gasteiger partial charge in [0.2, 0.25) is 5.88 Å². The fourth-order valence-corrected chi connectivity index (χ4v) is 1.69. The van der Waals surface area contributed by atoms with E-state index < -0.39 is 6.67 Å². The lowest BCUT2D eigenvalue weighted by molar-refractivity contribution is 0.381. The highest BCUT2D eigenvalue weighted by Crippen LogP contribution is 2.36. The summed E-state index contributed by atoms with van der Waals surface area (Å²) in [4.78, 5) is 0. The SMILES string of the molecule is COc1cc(OC)c(-c2cc(N)on2)cc1CF. The van der Waals surface area contributed by atoms with E-state index in [1.165, 1.54) is 14.2 Å². The Balaban J connectivity index is 2.58. The van der Waals surface area contributed by atoms with Crippen LogP contribution in [-0.2, 0) is 6.67 Å². The van der Waals surface area contributed by atoms with Crippen molar-refractivity contribution in [3.63, 3.8) is 0 Å². The van der Waals surface area contributed by atoms with Crippen molar-refractivity contribution >= 4 is 5.88 Å². The van der Waals surface area contributed by atoms with Crippen molar-refractivity contribution in [2.45, 2.75) is 6.67 Å². The van der Waals surface area contributed by atoms with Crippen LogP contribution in [0, 0.1) is 0 Å². The molecule has 0 amide bonds. The Hall–Kier alpha value is -2.24. The molecule has 0 aliphatic rings. The van der Waals surface area contributed by atoms with Crippen LogP contribution in [0.15, 0.2) is 22.7 Å². The van der Waals surface area contributed by atoms with Gasteiger partial charge in [-0.05, 0) is 6.07 Å². The van der Waals surface area contributed by atoms with Crippen molar-refractivity contribution in [2.24, 2.45) is 0 Å². The number of hydrogen-bond acceptors (Lipinski definition) is 5. The third-order valence-electron chi connectivity index (χ3n) is 2.55. The third kappa shape index (κ3) is 2.09. The Kier molecular flexibility index (Phi) is 3.36. The van der Waals surface area contributed by atoms with Crippen LogP contribution in [0.4, 0.5) is 10.3 Å². The zero-order chi connectivity index (χ0) is 13.1. The lowest BCUT2D eigenvalue weighted by Gasteiger charge is -2.11. The summed E-state index contributed by atoms with van der Waals surface area (Å²) in [5.74, 6) is 1.12. The van der Waals surface area contributed by atoms with Crippen LogP contribution >= 0.6 is 0 Å². The maximum atomic E-state index is 12.9. The van der Waals surface area contributed by atoms with E-state index >= 15 is 0 Å². The summed E-state index contributed by atoms with van der Waals surface area (Å²) in [5, 5.41) is 3.78. The minimum atomic E-state index is -0.645. The molecular weight excluding hydrogens is 239 g/mol. The van der Waals surface area contributed by atoms with Crippen LogP contribution < -0.4 is 15.2 Å². The molecule has 1 aromatic carbocycles. The average molecular weight is 252 g/mol. The summed E-state index contributed by atoms with van der Waals surface area (Å²) in [6, 6.07) is 4.76. The molecule has 18 heavy (non-hydrogen) atoms. The van der Waals surface area contributed by atoms with Crippen molar-refractivity contribution in [3.05, 3.63) is 23.8 Å². The number of aromatic nitrogens is 1. The van der Waals surface area contributed by atoms with Crippen LogP contribution in [0.2, 0.25) is 0 Å². The molecule has 0 aliphatic heterocycles. The second-order valence-electron chi connectivity index (χ2n) is 3.61. The molecule has 0 aliphatic carbocycles. The quantitative estimate of drug-likeness (QED) is 0.904. The number of methoxy groups -OCH3 is 2. The van der Waals surface area contributed by atoms with E-state index in [4.69, 9.17) is 19.7 Å². The Morgan fingerprint density at radius 1 is 1.22 bits per heavy atom. The summed E-state index contributed by atoms with van der Waals surface area (Å²) < 4.78 is 28.0. The molecule has 0 bridgehead atoms. The first-order valence-corrected chi connectivity index (χ1v) is 5.23. The fourth-order valence-electron chi connectivity index (χ4n) is 1.69. The number of nitrogens with zero attached hydrogens (tertiary/aromatic N) is 1. The van der Waals surface area contributed by atoms with Gasteiger partial charge in [-0.2, -0.15) is 0 Å². The highest BCUT2D eigenvalue weighted by Gasteiger charge is 2.15. The third-order valence-corrected chi connectivity index (χ3v) is 2.55. The number of nitrogens with two attached hydrogens (primary N) is 1. The van der Waals surface area contributed by atoms with Gasteiger partial charge >= 0.3 is 0 Å². The molecule has 0 fully saturated rings. The number of ether oxygens (including phenoxy) is 2. The van der Waals surface area contributed by atoms with E-state index in [1.54, 1.807) is 18.2 Å². The van der Waals surface area contributed by atoms with E-state index in [2.05, 4.69) is 5.16 Å². The van der Waals surface area contributed by atoms with Crippen molar-refractivity contribution in [1.29, 1.82) is 0 Å². The van der Waals surface area contributed by atoms with Crippen LogP contribution in [0.25, 0.3) is 11.3 Å². The lowest BCUT2D eigenvalue weighted by Crippen LogP contribution is -1.95. The van der Waals surface area contributed by atoms with Crippen molar-refractivity contribution < 1.29 is 18.4 Å². The fraction of sp³-hybridized carbons (Fsp3) is 0.250. The smallest absolute Gasteiger partial charge is 0.222 e. The molecule has 1 heterocycles. The van der Waals surface area contributed by atoms with E-state index in [0.717, 1.165) is 0 Å². The first kappa shape index (κ1) is 12.2. The summed E-state index contributed by atoms with van der Waals surface area (Å²) in [5.41, 5.74) is 6.97. The first-order valence-electron chi connectivity index (χ1n) is 5.23. The largest absolute Gasteiger partial charge is 0.496 e. The molecule has 0 spiro atoms. The van der Waals surface area contributed by atoms with Gasteiger partial charge in [0.1, 0.15) is 23.9 Å². The second-order valence-corrected chi connectivity index (χ2v) is 3.61. The predicted molar refractivity (Wildman–Crippen MR) is 64.3 cm³/mol. The number of benzene rings is 1. The summed E-state index contributed by atoms with van der Waals surface area (Å²) >= 11 is 0. The minimum Gasteiger partial charge on any atom is -0.496 e. The summed E-state index contributed by atoms with van der Waals surface area (Å²) in [6.07, 6.45) is 0. The van der Waals surface area contributed by atoms with Crippen molar-refractivity contribution in [1.82, 2.24) is 5.16 Å². The van der Waals surface area contributed by atoms with Gasteiger partial charge in [-0.25, -0.2) is 4.39 Å². The molecule has 2 aromatic rings. The number of nitrogen functional groups attached to an aromatic ring is 1. The number of alkyl halides is 1. The molecule has 0 saturated carbocycles. The monoisotopic (exact) mass is 252 g/mol. The molecular formula is C12H13FN2O3. The van der Waals surface area contributed by atoms with Gasteiger partial charge in [-0.1, -0.05) is 5.16 Å². The first-order chi connectivity index (χ1) is 8.69. The molecule has 2 rings (SSSR count). The van der Waals surface area contributed by atoms with Gasteiger partial charge < -0.3 is 19.7 Å². The minimum absolute atomic E-state index is 0.185. The van der Waals surface area contributed by atoms with Gasteiger partial charge in [0.15, 0.2) is 0 Å². The van der Waals surface area contributed by atoms with E-state index in [-0.39, 0.29) is 5.88 Å². The number of hydrogen-bond donors (Lipinski definition) is 1. The second kappa shape index (κ2) is 4.95. The average Bonchev–Trinajstić information content (AvgIpc) is 2.83. The summed E-state index contributed by atoms with van der Waals surface area (Å²) in [7, 11) is 2.98. The molecule has 0 unspecified atom stereocenters. The van der Waals surface area contributed by atoms with Crippen LogP contribution in [0.1, 0.15) is 5.56 Å². The Morgan fingerprint density at radius 3 is 2.44 bits per heavy atom. The van der Waals surface area contributed by atoms with Gasteiger partial charge in [-0.3, -0.25) is 0 Å². The van der Waals surface area contributed by atoms with Gasteiger partial charge in [-0.15, -0.1) is 0 Å². The zero-order valence-electron chi connectivity index (χ0n) is 10.1. The highest BCUT2D eigenvalue weighted by atomic mass is 19.1. The predicted octanol–water partition coefficient (Wildman–Crippen LogP) is 2.41. The van der Waals surface area contributed by atoms with Crippen LogP contribution in [0.3, 0.4) is 0 Å². The van der Waals surface area contributed by atoms with E-state index in [1.807, 2.05) is 0 Å². The van der Waals surface area contributed by atoms with Gasteiger partial charge in [0, 0.05) is 23.3 Å². The Bertz CT molecular complexity index is 554. The van der Waals surface area contributed by atoms with E-state index in [0.29, 0.717) is 28.3 Å². The molecule has 1 aromatic heterocycles. The number of rotatable bonds is 4. The lowest BCUT2D eigenvalue weighted by atomic mass is 10.1. The van der Waals surface area contributed by atoms with Crippen LogP contribution in [0.5, 0.6) is 11.5 Å². The molecule has 0 atom stereocenters. The van der Waals surface area contributed by atoms with Crippen molar-refractivity contribution in [2.75, 3.05) is 20.0 Å². The van der Waals surface area contributed by atoms with E-state index in [9.17, 15) is 4.39 Å². The molecule has 0 saturated heterocycles. The van der Waals surface area contributed by atoms with Crippen LogP contribution in [-0.4, -0.2) is 19.4 Å². The van der Waals surface area contributed by atoms with Gasteiger partial charge in [0.05, 0.1) is 14.2 Å². The Morgan fingerprint density at radius 2 is 1.94 bits per heavy atom. The maximum Gasteiger partial charge on any atom is 0.222 e. The molecule has 6 heteroatoms.